The van der Waals surface area contributed by atoms with Crippen LogP contribution < -0.4 is 10.6 Å². The van der Waals surface area contributed by atoms with Gasteiger partial charge in [-0.05, 0) is 38.8 Å². The van der Waals surface area contributed by atoms with Crippen molar-refractivity contribution in [3.8, 4) is 0 Å². The SMILES string of the molecule is CCc1nc(CCNC(=NC)NCCCn2c(C)nc3ccccc32)sc1C. The first-order valence-electron chi connectivity index (χ1n) is 9.94. The van der Waals surface area contributed by atoms with Crippen molar-refractivity contribution in [3.05, 3.63) is 45.7 Å². The molecule has 0 unspecified atom stereocenters. The van der Waals surface area contributed by atoms with Crippen LogP contribution in [0.25, 0.3) is 11.0 Å². The van der Waals surface area contributed by atoms with Crippen molar-refractivity contribution in [2.45, 2.75) is 46.6 Å². The van der Waals surface area contributed by atoms with Crippen LogP contribution in [0.3, 0.4) is 0 Å². The zero-order valence-electron chi connectivity index (χ0n) is 17.2. The highest BCUT2D eigenvalue weighted by atomic mass is 32.1. The van der Waals surface area contributed by atoms with Gasteiger partial charge in [-0.15, -0.1) is 11.3 Å². The average molecular weight is 399 g/mol. The number of rotatable bonds is 8. The zero-order chi connectivity index (χ0) is 19.9. The summed E-state index contributed by atoms with van der Waals surface area (Å²) in [6, 6.07) is 8.30. The largest absolute Gasteiger partial charge is 0.356 e. The fraction of sp³-hybridized carbons (Fsp3) is 0.476. The van der Waals surface area contributed by atoms with Crippen LogP contribution in [0.4, 0.5) is 0 Å². The van der Waals surface area contributed by atoms with Crippen LogP contribution in [0, 0.1) is 13.8 Å². The smallest absolute Gasteiger partial charge is 0.190 e. The Morgan fingerprint density at radius 2 is 1.93 bits per heavy atom. The molecule has 0 aliphatic rings. The first kappa shape index (κ1) is 20.3. The molecule has 0 fully saturated rings. The second kappa shape index (κ2) is 9.68. The Labute approximate surface area is 171 Å². The number of hydrogen-bond donors (Lipinski definition) is 2. The molecule has 0 aliphatic carbocycles. The summed E-state index contributed by atoms with van der Waals surface area (Å²) in [6.07, 6.45) is 2.94. The molecule has 6 nitrogen and oxygen atoms in total. The van der Waals surface area contributed by atoms with Gasteiger partial charge in [-0.25, -0.2) is 9.97 Å². The third-order valence-corrected chi connectivity index (χ3v) is 5.90. The fourth-order valence-corrected chi connectivity index (χ4v) is 4.37. The van der Waals surface area contributed by atoms with Crippen LogP contribution in [-0.4, -0.2) is 40.6 Å². The molecule has 3 aromatic rings. The number of fused-ring (bicyclic) bond motifs is 1. The predicted octanol–water partition coefficient (Wildman–Crippen LogP) is 3.47. The number of aromatic nitrogens is 3. The molecule has 28 heavy (non-hydrogen) atoms. The van der Waals surface area contributed by atoms with Crippen molar-refractivity contribution in [3.63, 3.8) is 0 Å². The van der Waals surface area contributed by atoms with Crippen molar-refractivity contribution in [2.75, 3.05) is 20.1 Å². The molecule has 7 heteroatoms. The van der Waals surface area contributed by atoms with E-state index in [-0.39, 0.29) is 0 Å². The Balaban J connectivity index is 1.42. The van der Waals surface area contributed by atoms with E-state index in [4.69, 9.17) is 4.98 Å². The van der Waals surface area contributed by atoms with Gasteiger partial charge >= 0.3 is 0 Å². The number of hydrogen-bond acceptors (Lipinski definition) is 4. The highest BCUT2D eigenvalue weighted by Gasteiger charge is 2.07. The first-order valence-corrected chi connectivity index (χ1v) is 10.8. The molecule has 0 amide bonds. The average Bonchev–Trinajstić information content (AvgIpc) is 3.22. The van der Waals surface area contributed by atoms with E-state index in [0.717, 1.165) is 56.2 Å². The molecule has 0 atom stereocenters. The van der Waals surface area contributed by atoms with Crippen LogP contribution in [-0.2, 0) is 19.4 Å². The summed E-state index contributed by atoms with van der Waals surface area (Å²) < 4.78 is 2.28. The number of guanidine groups is 1. The van der Waals surface area contributed by atoms with Gasteiger partial charge in [0.2, 0.25) is 0 Å². The maximum atomic E-state index is 4.70. The number of thiazole rings is 1. The molecule has 2 aromatic heterocycles. The standard InChI is InChI=1S/C21H30N6S/c1-5-17-15(2)28-20(26-17)11-13-24-21(22-4)23-12-8-14-27-16(3)25-18-9-6-7-10-19(18)27/h6-7,9-10H,5,8,11-14H2,1-4H3,(H2,22,23,24). The molecule has 150 valence electrons. The number of para-hydroxylation sites is 2. The number of nitrogens with zero attached hydrogens (tertiary/aromatic N) is 4. The van der Waals surface area contributed by atoms with Crippen molar-refractivity contribution in [1.82, 2.24) is 25.2 Å². The second-order valence-corrected chi connectivity index (χ2v) is 8.08. The summed E-state index contributed by atoms with van der Waals surface area (Å²) >= 11 is 1.80. The van der Waals surface area contributed by atoms with Crippen LogP contribution >= 0.6 is 11.3 Å². The number of aliphatic imine (C=N–C) groups is 1. The van der Waals surface area contributed by atoms with Gasteiger partial charge in [0.05, 0.1) is 21.7 Å². The molecular weight excluding hydrogens is 368 g/mol. The molecule has 0 saturated carbocycles. The Bertz CT molecular complexity index is 940. The topological polar surface area (TPSA) is 67.1 Å². The van der Waals surface area contributed by atoms with Crippen molar-refractivity contribution in [2.24, 2.45) is 4.99 Å². The minimum Gasteiger partial charge on any atom is -0.356 e. The van der Waals surface area contributed by atoms with E-state index in [2.05, 4.69) is 64.1 Å². The number of imidazole rings is 1. The lowest BCUT2D eigenvalue weighted by Gasteiger charge is -2.12. The summed E-state index contributed by atoms with van der Waals surface area (Å²) in [6.45, 7) is 9.01. The Kier molecular flexibility index (Phi) is 7.03. The lowest BCUT2D eigenvalue weighted by molar-refractivity contribution is 0.624. The van der Waals surface area contributed by atoms with Gasteiger partial charge in [0, 0.05) is 38.0 Å². The number of benzene rings is 1. The highest BCUT2D eigenvalue weighted by Crippen LogP contribution is 2.18. The summed E-state index contributed by atoms with van der Waals surface area (Å²) in [5, 5.41) is 7.98. The van der Waals surface area contributed by atoms with Gasteiger partial charge in [-0.1, -0.05) is 19.1 Å². The highest BCUT2D eigenvalue weighted by molar-refractivity contribution is 7.11. The Morgan fingerprint density at radius 3 is 2.68 bits per heavy atom. The number of aryl methyl sites for hydroxylation is 4. The van der Waals surface area contributed by atoms with Crippen LogP contribution in [0.2, 0.25) is 0 Å². The molecule has 0 radical (unpaired) electrons. The summed E-state index contributed by atoms with van der Waals surface area (Å²) in [5.41, 5.74) is 3.49. The minimum atomic E-state index is 0.834. The van der Waals surface area contributed by atoms with Crippen LogP contribution in [0.5, 0.6) is 0 Å². The monoisotopic (exact) mass is 398 g/mol. The van der Waals surface area contributed by atoms with Gasteiger partial charge in [0.15, 0.2) is 5.96 Å². The van der Waals surface area contributed by atoms with E-state index < -0.39 is 0 Å². The van der Waals surface area contributed by atoms with E-state index in [1.54, 1.807) is 11.3 Å². The summed E-state index contributed by atoms with van der Waals surface area (Å²) in [5.74, 6) is 1.91. The van der Waals surface area contributed by atoms with Gasteiger partial charge < -0.3 is 15.2 Å². The quantitative estimate of drug-likeness (QED) is 0.346. The molecule has 2 N–H and O–H groups in total. The van der Waals surface area contributed by atoms with Gasteiger partial charge in [0.1, 0.15) is 5.82 Å². The Morgan fingerprint density at radius 1 is 1.14 bits per heavy atom. The fourth-order valence-electron chi connectivity index (χ4n) is 3.35. The van der Waals surface area contributed by atoms with Gasteiger partial charge in [-0.3, -0.25) is 4.99 Å². The van der Waals surface area contributed by atoms with E-state index in [9.17, 15) is 0 Å². The predicted molar refractivity (Wildman–Crippen MR) is 118 cm³/mol. The van der Waals surface area contributed by atoms with E-state index in [1.165, 1.54) is 21.1 Å². The van der Waals surface area contributed by atoms with Gasteiger partial charge in [-0.2, -0.15) is 0 Å². The second-order valence-electron chi connectivity index (χ2n) is 6.79. The number of nitrogens with one attached hydrogen (secondary N) is 2. The van der Waals surface area contributed by atoms with Crippen LogP contribution in [0.15, 0.2) is 29.3 Å². The lowest BCUT2D eigenvalue weighted by Crippen LogP contribution is -2.39. The van der Waals surface area contributed by atoms with E-state index >= 15 is 0 Å². The normalized spacial score (nSPS) is 11.9. The van der Waals surface area contributed by atoms with E-state index in [1.807, 2.05) is 13.1 Å². The maximum Gasteiger partial charge on any atom is 0.190 e. The van der Waals surface area contributed by atoms with Crippen LogP contribution in [0.1, 0.15) is 34.7 Å². The summed E-state index contributed by atoms with van der Waals surface area (Å²) in [7, 11) is 1.81. The van der Waals surface area contributed by atoms with E-state index in [0.29, 0.717) is 0 Å². The molecule has 3 rings (SSSR count). The lowest BCUT2D eigenvalue weighted by atomic mass is 10.3. The molecule has 0 aliphatic heterocycles. The molecule has 0 bridgehead atoms. The van der Waals surface area contributed by atoms with Crippen molar-refractivity contribution >= 4 is 28.3 Å². The molecule has 2 heterocycles. The third-order valence-electron chi connectivity index (χ3n) is 4.82. The molecule has 0 spiro atoms. The first-order chi connectivity index (χ1) is 13.6. The maximum absolute atomic E-state index is 4.70. The molecular formula is C21H30N6S. The molecule has 0 saturated heterocycles. The summed E-state index contributed by atoms with van der Waals surface area (Å²) in [4.78, 5) is 15.0. The minimum absolute atomic E-state index is 0.834. The zero-order valence-corrected chi connectivity index (χ0v) is 18.1. The third kappa shape index (κ3) is 4.90. The molecule has 1 aromatic carbocycles. The van der Waals surface area contributed by atoms with Crippen molar-refractivity contribution in [1.29, 1.82) is 0 Å². The Hall–Kier alpha value is -2.41. The van der Waals surface area contributed by atoms with Crippen molar-refractivity contribution < 1.29 is 0 Å². The van der Waals surface area contributed by atoms with Gasteiger partial charge in [0.25, 0.3) is 0 Å².